The van der Waals surface area contributed by atoms with Crippen molar-refractivity contribution in [2.24, 2.45) is 5.73 Å². The lowest BCUT2D eigenvalue weighted by atomic mass is 10.0. The van der Waals surface area contributed by atoms with E-state index in [2.05, 4.69) is 5.10 Å². The molecule has 19 heavy (non-hydrogen) atoms. The molecule has 3 rings (SSSR count). The molecule has 5 heteroatoms. The Morgan fingerprint density at radius 3 is 2.79 bits per heavy atom. The molecular weight excluding hydrogens is 240 g/mol. The van der Waals surface area contributed by atoms with E-state index in [0.29, 0.717) is 13.0 Å². The van der Waals surface area contributed by atoms with E-state index < -0.39 is 6.04 Å². The zero-order chi connectivity index (χ0) is 13.4. The summed E-state index contributed by atoms with van der Waals surface area (Å²) in [5.74, 6) is 0.813. The summed E-state index contributed by atoms with van der Waals surface area (Å²) in [6.07, 6.45) is 2.36. The summed E-state index contributed by atoms with van der Waals surface area (Å²) in [5.41, 5.74) is 7.85. The van der Waals surface area contributed by atoms with Gasteiger partial charge in [-0.15, -0.1) is 0 Å². The van der Waals surface area contributed by atoms with Crippen LogP contribution in [-0.4, -0.2) is 28.3 Å². The lowest BCUT2D eigenvalue weighted by molar-refractivity contribution is -0.120. The van der Waals surface area contributed by atoms with E-state index in [0.717, 1.165) is 17.1 Å². The summed E-state index contributed by atoms with van der Waals surface area (Å²) in [6, 6.07) is 9.35. The second kappa shape index (κ2) is 4.51. The molecular formula is C14H16N4O. The van der Waals surface area contributed by atoms with Gasteiger partial charge in [-0.1, -0.05) is 18.2 Å². The van der Waals surface area contributed by atoms with Crippen molar-refractivity contribution in [1.29, 1.82) is 0 Å². The van der Waals surface area contributed by atoms with Crippen LogP contribution >= 0.6 is 0 Å². The number of nitrogens with two attached hydrogens (primary N) is 1. The molecule has 0 radical (unpaired) electrons. The largest absolute Gasteiger partial charge is 0.320 e. The van der Waals surface area contributed by atoms with Crippen LogP contribution in [0.3, 0.4) is 0 Å². The Kier molecular flexibility index (Phi) is 2.83. The summed E-state index contributed by atoms with van der Waals surface area (Å²) >= 11 is 0. The lowest BCUT2D eigenvalue weighted by Crippen LogP contribution is -2.49. The van der Waals surface area contributed by atoms with Gasteiger partial charge in [0.25, 0.3) is 0 Å². The number of nitrogens with zero attached hydrogens (tertiary/aromatic N) is 3. The Morgan fingerprint density at radius 1 is 1.37 bits per heavy atom. The standard InChI is InChI=1S/C14H16N4O/c1-2-17-13-10(8-12(15)14(17)19)9-16-18(13)11-6-4-3-5-7-11/h3-7,9,12H,2,8,15H2,1H3. The molecule has 1 unspecified atom stereocenters. The molecule has 0 spiro atoms. The van der Waals surface area contributed by atoms with Crippen LogP contribution in [0.2, 0.25) is 0 Å². The van der Waals surface area contributed by atoms with Crippen LogP contribution in [0.1, 0.15) is 12.5 Å². The van der Waals surface area contributed by atoms with E-state index in [1.165, 1.54) is 0 Å². The first-order chi connectivity index (χ1) is 9.22. The van der Waals surface area contributed by atoms with Crippen LogP contribution in [0, 0.1) is 0 Å². The summed E-state index contributed by atoms with van der Waals surface area (Å²) in [6.45, 7) is 2.54. The molecule has 98 valence electrons. The minimum Gasteiger partial charge on any atom is -0.320 e. The number of likely N-dealkylation sites (N-methyl/N-ethyl adjacent to an activating group) is 1. The van der Waals surface area contributed by atoms with Gasteiger partial charge in [-0.25, -0.2) is 4.68 Å². The Hall–Kier alpha value is -2.14. The van der Waals surface area contributed by atoms with Crippen LogP contribution in [0.5, 0.6) is 0 Å². The summed E-state index contributed by atoms with van der Waals surface area (Å²) in [4.78, 5) is 13.9. The fourth-order valence-electron chi connectivity index (χ4n) is 2.50. The predicted molar refractivity (Wildman–Crippen MR) is 73.3 cm³/mol. The van der Waals surface area contributed by atoms with E-state index in [1.807, 2.05) is 41.9 Å². The van der Waals surface area contributed by atoms with E-state index in [1.54, 1.807) is 11.1 Å². The topological polar surface area (TPSA) is 64.2 Å². The normalized spacial score (nSPS) is 18.5. The Labute approximate surface area is 111 Å². The van der Waals surface area contributed by atoms with Gasteiger partial charge >= 0.3 is 0 Å². The average molecular weight is 256 g/mol. The zero-order valence-electron chi connectivity index (χ0n) is 10.8. The van der Waals surface area contributed by atoms with Crippen molar-refractivity contribution in [3.8, 4) is 5.69 Å². The molecule has 1 aromatic carbocycles. The summed E-state index contributed by atoms with van der Waals surface area (Å²) in [7, 11) is 0. The Morgan fingerprint density at radius 2 is 2.11 bits per heavy atom. The highest BCUT2D eigenvalue weighted by atomic mass is 16.2. The molecule has 0 fully saturated rings. The molecule has 0 saturated carbocycles. The van der Waals surface area contributed by atoms with Crippen molar-refractivity contribution >= 4 is 11.7 Å². The van der Waals surface area contributed by atoms with Gasteiger partial charge in [0.1, 0.15) is 5.82 Å². The first kappa shape index (κ1) is 11.9. The van der Waals surface area contributed by atoms with Gasteiger partial charge in [0.2, 0.25) is 5.91 Å². The molecule has 1 aliphatic heterocycles. The van der Waals surface area contributed by atoms with Gasteiger partial charge in [0, 0.05) is 18.5 Å². The molecule has 0 saturated heterocycles. The van der Waals surface area contributed by atoms with E-state index in [-0.39, 0.29) is 5.91 Å². The molecule has 1 amide bonds. The SMILES string of the molecule is CCN1C(=O)C(N)Cc2cnn(-c3ccccc3)c21. The fourth-order valence-corrected chi connectivity index (χ4v) is 2.50. The quantitative estimate of drug-likeness (QED) is 0.875. The number of carbonyl (C=O) groups excluding carboxylic acids is 1. The van der Waals surface area contributed by atoms with Crippen molar-refractivity contribution in [2.45, 2.75) is 19.4 Å². The molecule has 1 atom stereocenters. The van der Waals surface area contributed by atoms with Gasteiger partial charge in [-0.2, -0.15) is 5.10 Å². The first-order valence-electron chi connectivity index (χ1n) is 6.41. The number of carbonyl (C=O) groups is 1. The molecule has 2 aromatic rings. The highest BCUT2D eigenvalue weighted by molar-refractivity contribution is 5.99. The molecule has 2 heterocycles. The number of hydrogen-bond donors (Lipinski definition) is 1. The molecule has 1 aromatic heterocycles. The number of aromatic nitrogens is 2. The monoisotopic (exact) mass is 256 g/mol. The Bertz CT molecular complexity index is 605. The van der Waals surface area contributed by atoms with Gasteiger partial charge in [-0.05, 0) is 19.1 Å². The maximum Gasteiger partial charge on any atom is 0.245 e. The molecule has 2 N–H and O–H groups in total. The van der Waals surface area contributed by atoms with Gasteiger partial charge in [0.05, 0.1) is 17.9 Å². The zero-order valence-corrected chi connectivity index (χ0v) is 10.8. The van der Waals surface area contributed by atoms with Gasteiger partial charge in [0.15, 0.2) is 0 Å². The molecule has 5 nitrogen and oxygen atoms in total. The Balaban J connectivity index is 2.14. The maximum absolute atomic E-state index is 12.2. The molecule has 1 aliphatic rings. The van der Waals surface area contributed by atoms with Crippen molar-refractivity contribution in [1.82, 2.24) is 9.78 Å². The third-order valence-electron chi connectivity index (χ3n) is 3.41. The van der Waals surface area contributed by atoms with Crippen LogP contribution in [0.15, 0.2) is 36.5 Å². The smallest absolute Gasteiger partial charge is 0.245 e. The van der Waals surface area contributed by atoms with Crippen molar-refractivity contribution < 1.29 is 4.79 Å². The second-order valence-electron chi connectivity index (χ2n) is 4.63. The molecule has 0 bridgehead atoms. The number of amides is 1. The predicted octanol–water partition coefficient (Wildman–Crippen LogP) is 1.11. The highest BCUT2D eigenvalue weighted by Gasteiger charge is 2.33. The number of hydrogen-bond acceptors (Lipinski definition) is 3. The highest BCUT2D eigenvalue weighted by Crippen LogP contribution is 2.29. The van der Waals surface area contributed by atoms with E-state index in [4.69, 9.17) is 5.73 Å². The third-order valence-corrected chi connectivity index (χ3v) is 3.41. The van der Waals surface area contributed by atoms with Gasteiger partial charge < -0.3 is 5.73 Å². The van der Waals surface area contributed by atoms with Gasteiger partial charge in [-0.3, -0.25) is 9.69 Å². The minimum atomic E-state index is -0.458. The summed E-state index contributed by atoms with van der Waals surface area (Å²) < 4.78 is 1.81. The van der Waals surface area contributed by atoms with E-state index in [9.17, 15) is 4.79 Å². The number of anilines is 1. The summed E-state index contributed by atoms with van der Waals surface area (Å²) in [5, 5.41) is 4.40. The van der Waals surface area contributed by atoms with E-state index >= 15 is 0 Å². The lowest BCUT2D eigenvalue weighted by Gasteiger charge is -2.30. The number of fused-ring (bicyclic) bond motifs is 1. The average Bonchev–Trinajstić information content (AvgIpc) is 2.84. The minimum absolute atomic E-state index is 0.0346. The van der Waals surface area contributed by atoms with Crippen molar-refractivity contribution in [3.05, 3.63) is 42.1 Å². The first-order valence-corrected chi connectivity index (χ1v) is 6.41. The molecule has 0 aliphatic carbocycles. The van der Waals surface area contributed by atoms with Crippen molar-refractivity contribution in [3.63, 3.8) is 0 Å². The number of benzene rings is 1. The second-order valence-corrected chi connectivity index (χ2v) is 4.63. The van der Waals surface area contributed by atoms with Crippen LogP contribution in [0.25, 0.3) is 5.69 Å². The number of para-hydroxylation sites is 1. The third kappa shape index (κ3) is 1.82. The van der Waals surface area contributed by atoms with Crippen LogP contribution < -0.4 is 10.6 Å². The fraction of sp³-hybridized carbons (Fsp3) is 0.286. The maximum atomic E-state index is 12.2. The number of rotatable bonds is 2. The van der Waals surface area contributed by atoms with Crippen LogP contribution in [-0.2, 0) is 11.2 Å². The van der Waals surface area contributed by atoms with Crippen molar-refractivity contribution in [2.75, 3.05) is 11.4 Å². The van der Waals surface area contributed by atoms with Crippen LogP contribution in [0.4, 0.5) is 5.82 Å².